The number of ether oxygens (including phenoxy) is 3. The molecule has 1 amide bonds. The molecule has 2 N–H and O–H groups in total. The van der Waals surface area contributed by atoms with Crippen LogP contribution in [0.4, 0.5) is 0 Å². The Balaban J connectivity index is 2.07. The SMILES string of the molecule is COC(=O)C(/C(=C\c1ccccc1)C(N)=O)=C(\C)c1ccc(OC2CCCC2)c(OC)c1. The Kier molecular flexibility index (Phi) is 7.71. The molecule has 1 aliphatic carbocycles. The highest BCUT2D eigenvalue weighted by Gasteiger charge is 2.24. The van der Waals surface area contributed by atoms with E-state index in [1.807, 2.05) is 42.5 Å². The lowest BCUT2D eigenvalue weighted by Gasteiger charge is -2.18. The smallest absolute Gasteiger partial charge is 0.338 e. The summed E-state index contributed by atoms with van der Waals surface area (Å²) in [5, 5.41) is 0. The summed E-state index contributed by atoms with van der Waals surface area (Å²) in [6.07, 6.45) is 6.17. The van der Waals surface area contributed by atoms with Gasteiger partial charge < -0.3 is 19.9 Å². The summed E-state index contributed by atoms with van der Waals surface area (Å²) in [7, 11) is 2.85. The first kappa shape index (κ1) is 23.1. The Morgan fingerprint density at radius 2 is 1.69 bits per heavy atom. The van der Waals surface area contributed by atoms with E-state index in [0.717, 1.165) is 18.4 Å². The Morgan fingerprint density at radius 3 is 2.28 bits per heavy atom. The zero-order chi connectivity index (χ0) is 23.1. The first-order chi connectivity index (χ1) is 15.4. The van der Waals surface area contributed by atoms with Gasteiger partial charge >= 0.3 is 5.97 Å². The summed E-state index contributed by atoms with van der Waals surface area (Å²) in [4.78, 5) is 25.1. The maximum Gasteiger partial charge on any atom is 0.338 e. The van der Waals surface area contributed by atoms with Crippen molar-refractivity contribution in [3.05, 3.63) is 70.8 Å². The van der Waals surface area contributed by atoms with E-state index in [0.29, 0.717) is 22.6 Å². The summed E-state index contributed by atoms with van der Waals surface area (Å²) in [6, 6.07) is 14.7. The summed E-state index contributed by atoms with van der Waals surface area (Å²) in [5.74, 6) is -0.147. The van der Waals surface area contributed by atoms with Gasteiger partial charge in [-0.3, -0.25) is 4.79 Å². The van der Waals surface area contributed by atoms with Crippen LogP contribution in [0.5, 0.6) is 11.5 Å². The Labute approximate surface area is 188 Å². The zero-order valence-electron chi connectivity index (χ0n) is 18.7. The topological polar surface area (TPSA) is 87.9 Å². The highest BCUT2D eigenvalue weighted by Crippen LogP contribution is 2.35. The van der Waals surface area contributed by atoms with Crippen molar-refractivity contribution in [3.8, 4) is 11.5 Å². The van der Waals surface area contributed by atoms with Gasteiger partial charge in [-0.1, -0.05) is 36.4 Å². The van der Waals surface area contributed by atoms with E-state index in [-0.39, 0.29) is 17.3 Å². The molecule has 0 atom stereocenters. The highest BCUT2D eigenvalue weighted by atomic mass is 16.5. The number of hydrogen-bond donors (Lipinski definition) is 1. The number of hydrogen-bond acceptors (Lipinski definition) is 5. The molecule has 2 aromatic carbocycles. The molecule has 2 aromatic rings. The van der Waals surface area contributed by atoms with Crippen molar-refractivity contribution in [2.24, 2.45) is 5.73 Å². The summed E-state index contributed by atoms with van der Waals surface area (Å²) in [5.41, 5.74) is 7.84. The predicted octanol–water partition coefficient (Wildman–Crippen LogP) is 4.53. The number of methoxy groups -OCH3 is 2. The van der Waals surface area contributed by atoms with Gasteiger partial charge in [-0.25, -0.2) is 4.79 Å². The highest BCUT2D eigenvalue weighted by molar-refractivity contribution is 6.15. The van der Waals surface area contributed by atoms with E-state index in [1.54, 1.807) is 26.2 Å². The molecule has 0 unspecified atom stereocenters. The average Bonchev–Trinajstić information content (AvgIpc) is 3.32. The summed E-state index contributed by atoms with van der Waals surface area (Å²) in [6.45, 7) is 1.75. The Bertz CT molecular complexity index is 1030. The number of rotatable bonds is 8. The van der Waals surface area contributed by atoms with Gasteiger partial charge in [0.25, 0.3) is 0 Å². The van der Waals surface area contributed by atoms with E-state index in [4.69, 9.17) is 19.9 Å². The molecule has 0 bridgehead atoms. The second kappa shape index (κ2) is 10.7. The van der Waals surface area contributed by atoms with Crippen LogP contribution in [0.3, 0.4) is 0 Å². The Morgan fingerprint density at radius 1 is 1.00 bits per heavy atom. The van der Waals surface area contributed by atoms with Crippen molar-refractivity contribution in [2.75, 3.05) is 14.2 Å². The van der Waals surface area contributed by atoms with Crippen LogP contribution in [0.15, 0.2) is 59.7 Å². The van der Waals surface area contributed by atoms with Crippen molar-refractivity contribution in [3.63, 3.8) is 0 Å². The molecule has 0 radical (unpaired) electrons. The van der Waals surface area contributed by atoms with Gasteiger partial charge in [-0.15, -0.1) is 0 Å². The van der Waals surface area contributed by atoms with E-state index >= 15 is 0 Å². The van der Waals surface area contributed by atoms with Gasteiger partial charge in [0.1, 0.15) is 0 Å². The zero-order valence-corrected chi connectivity index (χ0v) is 18.7. The van der Waals surface area contributed by atoms with Crippen LogP contribution in [0.1, 0.15) is 43.7 Å². The minimum Gasteiger partial charge on any atom is -0.493 e. The third kappa shape index (κ3) is 5.38. The van der Waals surface area contributed by atoms with Crippen molar-refractivity contribution in [2.45, 2.75) is 38.7 Å². The van der Waals surface area contributed by atoms with Crippen LogP contribution in [0.25, 0.3) is 11.6 Å². The number of nitrogens with two attached hydrogens (primary N) is 1. The maximum absolute atomic E-state index is 12.7. The molecule has 6 nitrogen and oxygen atoms in total. The lowest BCUT2D eigenvalue weighted by Crippen LogP contribution is -2.21. The number of esters is 1. The largest absolute Gasteiger partial charge is 0.493 e. The fourth-order valence-electron chi connectivity index (χ4n) is 3.88. The van der Waals surface area contributed by atoms with Crippen LogP contribution in [0, 0.1) is 0 Å². The second-order valence-corrected chi connectivity index (χ2v) is 7.71. The van der Waals surface area contributed by atoms with E-state index in [9.17, 15) is 9.59 Å². The molecular weight excluding hydrogens is 406 g/mol. The van der Waals surface area contributed by atoms with Gasteiger partial charge in [0, 0.05) is 0 Å². The number of carbonyl (C=O) groups excluding carboxylic acids is 2. The number of primary amides is 1. The van der Waals surface area contributed by atoms with Gasteiger partial charge in [-0.05, 0) is 67.5 Å². The predicted molar refractivity (Wildman–Crippen MR) is 124 cm³/mol. The molecule has 0 heterocycles. The molecular formula is C26H29NO5. The number of allylic oxidation sites excluding steroid dienone is 1. The molecule has 32 heavy (non-hydrogen) atoms. The van der Waals surface area contributed by atoms with Gasteiger partial charge in [0.2, 0.25) is 5.91 Å². The van der Waals surface area contributed by atoms with Gasteiger partial charge in [0.15, 0.2) is 11.5 Å². The maximum atomic E-state index is 12.7. The van der Waals surface area contributed by atoms with Gasteiger partial charge in [0.05, 0.1) is 31.5 Å². The molecule has 0 saturated heterocycles. The monoisotopic (exact) mass is 435 g/mol. The normalized spacial score (nSPS) is 15.2. The first-order valence-corrected chi connectivity index (χ1v) is 10.7. The van der Waals surface area contributed by atoms with E-state index in [2.05, 4.69) is 0 Å². The van der Waals surface area contributed by atoms with Crippen molar-refractivity contribution in [1.82, 2.24) is 0 Å². The summed E-state index contributed by atoms with van der Waals surface area (Å²) < 4.78 is 16.6. The standard InChI is InChI=1S/C26H29NO5/c1-17(19-13-14-22(23(16-19)30-2)32-20-11-7-8-12-20)24(26(29)31-3)21(25(27)28)15-18-9-5-4-6-10-18/h4-6,9-10,13-16,20H,7-8,11-12H2,1-3H3,(H2,27,28)/b21-15+,24-17+. The average molecular weight is 436 g/mol. The van der Waals surface area contributed by atoms with Crippen molar-refractivity contribution < 1.29 is 23.8 Å². The molecule has 3 rings (SSSR count). The van der Waals surface area contributed by atoms with E-state index in [1.165, 1.54) is 20.0 Å². The lowest BCUT2D eigenvalue weighted by molar-refractivity contribution is -0.136. The number of benzene rings is 2. The molecule has 1 fully saturated rings. The minimum absolute atomic E-state index is 0.0748. The van der Waals surface area contributed by atoms with Crippen molar-refractivity contribution in [1.29, 1.82) is 0 Å². The molecule has 1 aliphatic rings. The Hall–Kier alpha value is -3.54. The minimum atomic E-state index is -0.721. The second-order valence-electron chi connectivity index (χ2n) is 7.71. The third-order valence-corrected chi connectivity index (χ3v) is 5.60. The van der Waals surface area contributed by atoms with Crippen LogP contribution >= 0.6 is 0 Å². The van der Waals surface area contributed by atoms with E-state index < -0.39 is 11.9 Å². The first-order valence-electron chi connectivity index (χ1n) is 10.7. The molecule has 168 valence electrons. The lowest BCUT2D eigenvalue weighted by atomic mass is 9.93. The quantitative estimate of drug-likeness (QED) is 0.374. The molecule has 0 spiro atoms. The third-order valence-electron chi connectivity index (χ3n) is 5.60. The van der Waals surface area contributed by atoms with Crippen LogP contribution in [-0.2, 0) is 14.3 Å². The summed E-state index contributed by atoms with van der Waals surface area (Å²) >= 11 is 0. The number of carbonyl (C=O) groups is 2. The van der Waals surface area contributed by atoms with Crippen LogP contribution in [0.2, 0.25) is 0 Å². The fourth-order valence-corrected chi connectivity index (χ4v) is 3.88. The number of amides is 1. The molecule has 0 aliphatic heterocycles. The molecule has 1 saturated carbocycles. The van der Waals surface area contributed by atoms with Crippen LogP contribution < -0.4 is 15.2 Å². The van der Waals surface area contributed by atoms with Crippen LogP contribution in [-0.4, -0.2) is 32.2 Å². The van der Waals surface area contributed by atoms with Crippen molar-refractivity contribution >= 4 is 23.5 Å². The molecule has 6 heteroatoms. The van der Waals surface area contributed by atoms with Gasteiger partial charge in [-0.2, -0.15) is 0 Å². The fraction of sp³-hybridized carbons (Fsp3) is 0.308. The molecule has 0 aromatic heterocycles.